The second kappa shape index (κ2) is 8.79. The van der Waals surface area contributed by atoms with Crippen LogP contribution in [0.25, 0.3) is 0 Å². The Kier molecular flexibility index (Phi) is 6.20. The van der Waals surface area contributed by atoms with Gasteiger partial charge in [0.25, 0.3) is 5.91 Å². The van der Waals surface area contributed by atoms with Gasteiger partial charge in [0.1, 0.15) is 11.8 Å². The van der Waals surface area contributed by atoms with E-state index in [9.17, 15) is 4.79 Å². The lowest BCUT2D eigenvalue weighted by Gasteiger charge is -2.37. The van der Waals surface area contributed by atoms with E-state index in [0.29, 0.717) is 23.5 Å². The summed E-state index contributed by atoms with van der Waals surface area (Å²) < 4.78 is 0. The highest BCUT2D eigenvalue weighted by Gasteiger charge is 2.25. The topological polar surface area (TPSA) is 69.0 Å². The number of piperidine rings is 1. The predicted octanol–water partition coefficient (Wildman–Crippen LogP) is 3.46. The number of aryl methyl sites for hydroxylation is 1. The fraction of sp³-hybridized carbons (Fsp3) is 0.409. The molecule has 2 aromatic rings. The molecule has 0 radical (unpaired) electrons. The zero-order valence-corrected chi connectivity index (χ0v) is 16.0. The number of nitriles is 1. The first kappa shape index (κ1) is 19.1. The van der Waals surface area contributed by atoms with Gasteiger partial charge < -0.3 is 5.32 Å². The van der Waals surface area contributed by atoms with E-state index in [-0.39, 0.29) is 11.9 Å². The largest absolute Gasteiger partial charge is 0.349 e. The van der Waals surface area contributed by atoms with E-state index < -0.39 is 0 Å². The van der Waals surface area contributed by atoms with Crippen LogP contribution < -0.4 is 5.32 Å². The number of benzene rings is 1. The van der Waals surface area contributed by atoms with Crippen LogP contribution in [-0.4, -0.2) is 35.4 Å². The van der Waals surface area contributed by atoms with Crippen LogP contribution in [0, 0.1) is 24.2 Å². The SMILES string of the molecule is Cc1nc(C(=O)NCC(c2ccccc2)N2CCC(C)CC2)ccc1C#N. The van der Waals surface area contributed by atoms with Gasteiger partial charge in [-0.3, -0.25) is 9.69 Å². The van der Waals surface area contributed by atoms with E-state index in [1.807, 2.05) is 18.2 Å². The normalized spacial score (nSPS) is 16.5. The zero-order chi connectivity index (χ0) is 19.2. The number of amides is 1. The fourth-order valence-electron chi connectivity index (χ4n) is 3.56. The summed E-state index contributed by atoms with van der Waals surface area (Å²) in [6.07, 6.45) is 2.38. The Hall–Kier alpha value is -2.71. The van der Waals surface area contributed by atoms with Gasteiger partial charge in [-0.05, 0) is 56.5 Å². The highest BCUT2D eigenvalue weighted by Crippen LogP contribution is 2.26. The lowest BCUT2D eigenvalue weighted by molar-refractivity contribution is 0.0908. The number of rotatable bonds is 5. The molecule has 1 aromatic heterocycles. The van der Waals surface area contributed by atoms with Crippen LogP contribution in [-0.2, 0) is 0 Å². The van der Waals surface area contributed by atoms with Crippen LogP contribution in [0.4, 0.5) is 0 Å². The molecule has 1 amide bonds. The summed E-state index contributed by atoms with van der Waals surface area (Å²) in [5, 5.41) is 12.1. The molecule has 5 nitrogen and oxygen atoms in total. The molecule has 1 aliphatic rings. The third-order valence-corrected chi connectivity index (χ3v) is 5.34. The summed E-state index contributed by atoms with van der Waals surface area (Å²) in [5.41, 5.74) is 2.65. The Morgan fingerprint density at radius 1 is 1.26 bits per heavy atom. The summed E-state index contributed by atoms with van der Waals surface area (Å²) in [6, 6.07) is 15.8. The molecule has 5 heteroatoms. The number of aromatic nitrogens is 1. The van der Waals surface area contributed by atoms with Crippen LogP contribution in [0.3, 0.4) is 0 Å². The van der Waals surface area contributed by atoms with Crippen molar-refractivity contribution in [2.45, 2.75) is 32.7 Å². The third kappa shape index (κ3) is 4.72. The molecule has 140 valence electrons. The van der Waals surface area contributed by atoms with Gasteiger partial charge in [0.15, 0.2) is 0 Å². The number of carbonyl (C=O) groups excluding carboxylic acids is 1. The summed E-state index contributed by atoms with van der Waals surface area (Å²) in [7, 11) is 0. The number of nitrogens with one attached hydrogen (secondary N) is 1. The highest BCUT2D eigenvalue weighted by atomic mass is 16.1. The Morgan fingerprint density at radius 3 is 2.59 bits per heavy atom. The molecule has 1 saturated heterocycles. The molecule has 27 heavy (non-hydrogen) atoms. The molecule has 0 aliphatic carbocycles. The van der Waals surface area contributed by atoms with Gasteiger partial charge >= 0.3 is 0 Å². The minimum atomic E-state index is -0.200. The van der Waals surface area contributed by atoms with Crippen LogP contribution in [0.15, 0.2) is 42.5 Å². The van der Waals surface area contributed by atoms with Crippen molar-refractivity contribution in [2.24, 2.45) is 5.92 Å². The first-order valence-corrected chi connectivity index (χ1v) is 9.53. The third-order valence-electron chi connectivity index (χ3n) is 5.34. The number of pyridine rings is 1. The van der Waals surface area contributed by atoms with E-state index >= 15 is 0 Å². The molecule has 1 aliphatic heterocycles. The van der Waals surface area contributed by atoms with Gasteiger partial charge in [-0.2, -0.15) is 5.26 Å². The van der Waals surface area contributed by atoms with Gasteiger partial charge in [0.05, 0.1) is 17.3 Å². The van der Waals surface area contributed by atoms with Crippen molar-refractivity contribution in [1.82, 2.24) is 15.2 Å². The Bertz CT molecular complexity index is 820. The first-order chi connectivity index (χ1) is 13.1. The monoisotopic (exact) mass is 362 g/mol. The summed E-state index contributed by atoms with van der Waals surface area (Å²) >= 11 is 0. The van der Waals surface area contributed by atoms with E-state index in [4.69, 9.17) is 5.26 Å². The minimum absolute atomic E-state index is 0.155. The molecule has 0 spiro atoms. The lowest BCUT2D eigenvalue weighted by Crippen LogP contribution is -2.42. The van der Waals surface area contributed by atoms with Crippen LogP contribution >= 0.6 is 0 Å². The van der Waals surface area contributed by atoms with Crippen molar-refractivity contribution in [3.63, 3.8) is 0 Å². The lowest BCUT2D eigenvalue weighted by atomic mass is 9.95. The number of likely N-dealkylation sites (tertiary alicyclic amines) is 1. The second-order valence-electron chi connectivity index (χ2n) is 7.30. The van der Waals surface area contributed by atoms with Crippen molar-refractivity contribution >= 4 is 5.91 Å². The highest BCUT2D eigenvalue weighted by molar-refractivity contribution is 5.92. The minimum Gasteiger partial charge on any atom is -0.349 e. The molecule has 1 unspecified atom stereocenters. The van der Waals surface area contributed by atoms with E-state index in [2.05, 4.69) is 40.3 Å². The second-order valence-corrected chi connectivity index (χ2v) is 7.30. The van der Waals surface area contributed by atoms with E-state index in [1.165, 1.54) is 18.4 Å². The molecule has 1 fully saturated rings. The van der Waals surface area contributed by atoms with Crippen molar-refractivity contribution in [3.8, 4) is 6.07 Å². The van der Waals surface area contributed by atoms with Crippen molar-refractivity contribution in [3.05, 3.63) is 65.0 Å². The molecule has 1 N–H and O–H groups in total. The average molecular weight is 362 g/mol. The number of hydrogen-bond donors (Lipinski definition) is 1. The van der Waals surface area contributed by atoms with Crippen molar-refractivity contribution < 1.29 is 4.79 Å². The number of carbonyl (C=O) groups is 1. The molecular weight excluding hydrogens is 336 g/mol. The maximum absolute atomic E-state index is 12.6. The maximum Gasteiger partial charge on any atom is 0.269 e. The summed E-state index contributed by atoms with van der Waals surface area (Å²) in [5.74, 6) is 0.562. The van der Waals surface area contributed by atoms with Gasteiger partial charge in [0, 0.05) is 6.54 Å². The molecule has 1 atom stereocenters. The number of hydrogen-bond acceptors (Lipinski definition) is 4. The molecule has 0 saturated carbocycles. The summed E-state index contributed by atoms with van der Waals surface area (Å²) in [4.78, 5) is 19.3. The van der Waals surface area contributed by atoms with Gasteiger partial charge in [-0.25, -0.2) is 4.98 Å². The molecule has 3 rings (SSSR count). The van der Waals surface area contributed by atoms with Gasteiger partial charge in [-0.1, -0.05) is 37.3 Å². The average Bonchev–Trinajstić information content (AvgIpc) is 2.70. The van der Waals surface area contributed by atoms with Crippen LogP contribution in [0.1, 0.15) is 53.1 Å². The molecule has 2 heterocycles. The van der Waals surface area contributed by atoms with Crippen molar-refractivity contribution in [2.75, 3.05) is 19.6 Å². The smallest absolute Gasteiger partial charge is 0.269 e. The van der Waals surface area contributed by atoms with Crippen molar-refractivity contribution in [1.29, 1.82) is 5.26 Å². The van der Waals surface area contributed by atoms with E-state index in [1.54, 1.807) is 19.1 Å². The van der Waals surface area contributed by atoms with Gasteiger partial charge in [-0.15, -0.1) is 0 Å². The summed E-state index contributed by atoms with van der Waals surface area (Å²) in [6.45, 7) is 6.68. The van der Waals surface area contributed by atoms with E-state index in [0.717, 1.165) is 19.0 Å². The maximum atomic E-state index is 12.6. The standard InChI is InChI=1S/C22H26N4O/c1-16-10-12-26(13-11-16)21(18-6-4-3-5-7-18)15-24-22(27)20-9-8-19(14-23)17(2)25-20/h3-9,16,21H,10-13,15H2,1-2H3,(H,24,27). The molecular formula is C22H26N4O. The van der Waals surface area contributed by atoms with Crippen LogP contribution in [0.2, 0.25) is 0 Å². The Morgan fingerprint density at radius 2 is 1.96 bits per heavy atom. The Balaban J connectivity index is 1.72. The molecule has 1 aromatic carbocycles. The molecule has 0 bridgehead atoms. The zero-order valence-electron chi connectivity index (χ0n) is 16.0. The van der Waals surface area contributed by atoms with Crippen LogP contribution in [0.5, 0.6) is 0 Å². The fourth-order valence-corrected chi connectivity index (χ4v) is 3.56. The quantitative estimate of drug-likeness (QED) is 0.884. The van der Waals surface area contributed by atoms with Gasteiger partial charge in [0.2, 0.25) is 0 Å². The first-order valence-electron chi connectivity index (χ1n) is 9.53. The number of nitrogens with zero attached hydrogens (tertiary/aromatic N) is 3. The predicted molar refractivity (Wildman–Crippen MR) is 105 cm³/mol. The Labute approximate surface area is 161 Å².